The maximum atomic E-state index is 12.3. The third-order valence-corrected chi connectivity index (χ3v) is 5.12. The van der Waals surface area contributed by atoms with Crippen molar-refractivity contribution in [3.63, 3.8) is 0 Å². The molecule has 0 saturated carbocycles. The predicted molar refractivity (Wildman–Crippen MR) is 85.8 cm³/mol. The molecule has 0 spiro atoms. The molecule has 0 aliphatic rings. The first-order valence-electron chi connectivity index (χ1n) is 6.72. The van der Waals surface area contributed by atoms with Gasteiger partial charge in [-0.2, -0.15) is 0 Å². The minimum Gasteiger partial charge on any atom is -0.380 e. The van der Waals surface area contributed by atoms with Crippen molar-refractivity contribution in [2.75, 3.05) is 19.4 Å². The summed E-state index contributed by atoms with van der Waals surface area (Å²) in [5.41, 5.74) is 2.93. The van der Waals surface area contributed by atoms with Gasteiger partial charge in [0.05, 0.1) is 5.69 Å². The van der Waals surface area contributed by atoms with E-state index in [1.165, 1.54) is 24.0 Å². The van der Waals surface area contributed by atoms with Gasteiger partial charge >= 0.3 is 0 Å². The summed E-state index contributed by atoms with van der Waals surface area (Å²) in [5.74, 6) is 0. The van der Waals surface area contributed by atoms with Crippen LogP contribution < -0.4 is 5.32 Å². The molecule has 0 aromatic heterocycles. The lowest BCUT2D eigenvalue weighted by molar-refractivity contribution is 0.521. The normalized spacial score (nSPS) is 11.6. The Morgan fingerprint density at radius 3 is 2.24 bits per heavy atom. The fraction of sp³-hybridized carbons (Fsp3) is 0.250. The van der Waals surface area contributed by atoms with Gasteiger partial charge in [0.15, 0.2) is 0 Å². The van der Waals surface area contributed by atoms with E-state index in [9.17, 15) is 8.42 Å². The first-order valence-corrected chi connectivity index (χ1v) is 8.16. The number of hydrogen-bond donors (Lipinski definition) is 1. The van der Waals surface area contributed by atoms with Gasteiger partial charge in [0.1, 0.15) is 4.90 Å². The highest BCUT2D eigenvalue weighted by molar-refractivity contribution is 7.89. The summed E-state index contributed by atoms with van der Waals surface area (Å²) < 4.78 is 25.8. The average Bonchev–Trinajstić information content (AvgIpc) is 2.47. The van der Waals surface area contributed by atoms with Crippen LogP contribution in [0.15, 0.2) is 53.4 Å². The molecule has 0 unspecified atom stereocenters. The second kappa shape index (κ2) is 6.28. The first kappa shape index (κ1) is 15.5. The second-order valence-corrected chi connectivity index (χ2v) is 7.24. The van der Waals surface area contributed by atoms with Crippen LogP contribution in [0.5, 0.6) is 0 Å². The smallest absolute Gasteiger partial charge is 0.244 e. The van der Waals surface area contributed by atoms with Crippen molar-refractivity contribution in [2.45, 2.75) is 18.4 Å². The standard InChI is InChI=1S/C16H20N2O2S/c1-13-8-10-14(11-9-13)12-17-15-6-4-5-7-16(15)21(19,20)18(2)3/h4-11,17H,12H2,1-3H3. The Labute approximate surface area is 126 Å². The maximum absolute atomic E-state index is 12.3. The summed E-state index contributed by atoms with van der Waals surface area (Å²) in [6.45, 7) is 2.62. The van der Waals surface area contributed by atoms with Gasteiger partial charge in [0, 0.05) is 20.6 Å². The van der Waals surface area contributed by atoms with Crippen LogP contribution in [0, 0.1) is 6.92 Å². The van der Waals surface area contributed by atoms with E-state index in [2.05, 4.69) is 5.32 Å². The highest BCUT2D eigenvalue weighted by Crippen LogP contribution is 2.23. The first-order chi connectivity index (χ1) is 9.91. The third-order valence-electron chi connectivity index (χ3n) is 3.25. The molecule has 0 aliphatic carbocycles. The van der Waals surface area contributed by atoms with E-state index in [0.717, 1.165) is 5.56 Å². The van der Waals surface area contributed by atoms with Crippen LogP contribution in [0.2, 0.25) is 0 Å². The van der Waals surface area contributed by atoms with E-state index in [1.54, 1.807) is 18.2 Å². The van der Waals surface area contributed by atoms with Crippen molar-refractivity contribution in [3.8, 4) is 0 Å². The molecule has 0 saturated heterocycles. The van der Waals surface area contributed by atoms with Gasteiger partial charge in [-0.25, -0.2) is 12.7 Å². The molecule has 2 aromatic carbocycles. The highest BCUT2D eigenvalue weighted by atomic mass is 32.2. The molecule has 0 amide bonds. The molecule has 21 heavy (non-hydrogen) atoms. The molecule has 0 aliphatic heterocycles. The molecule has 0 fully saturated rings. The third kappa shape index (κ3) is 3.62. The number of para-hydroxylation sites is 1. The van der Waals surface area contributed by atoms with Crippen LogP contribution >= 0.6 is 0 Å². The maximum Gasteiger partial charge on any atom is 0.244 e. The van der Waals surface area contributed by atoms with Crippen LogP contribution in [-0.2, 0) is 16.6 Å². The van der Waals surface area contributed by atoms with E-state index < -0.39 is 10.0 Å². The molecule has 2 aromatic rings. The molecule has 4 nitrogen and oxygen atoms in total. The number of nitrogens with zero attached hydrogens (tertiary/aromatic N) is 1. The summed E-state index contributed by atoms with van der Waals surface area (Å²) >= 11 is 0. The molecule has 0 bridgehead atoms. The van der Waals surface area contributed by atoms with Crippen molar-refractivity contribution in [1.82, 2.24) is 4.31 Å². The summed E-state index contributed by atoms with van der Waals surface area (Å²) in [7, 11) is -0.380. The summed E-state index contributed by atoms with van der Waals surface area (Å²) in [6, 6.07) is 15.1. The zero-order chi connectivity index (χ0) is 15.5. The lowest BCUT2D eigenvalue weighted by atomic mass is 10.1. The van der Waals surface area contributed by atoms with Crippen LogP contribution in [0.3, 0.4) is 0 Å². The van der Waals surface area contributed by atoms with Gasteiger partial charge in [-0.3, -0.25) is 0 Å². The van der Waals surface area contributed by atoms with Gasteiger partial charge in [0.25, 0.3) is 0 Å². The molecule has 0 atom stereocenters. The number of aryl methyl sites for hydroxylation is 1. The average molecular weight is 304 g/mol. The fourth-order valence-corrected chi connectivity index (χ4v) is 3.00. The van der Waals surface area contributed by atoms with Crippen molar-refractivity contribution in [2.24, 2.45) is 0 Å². The molecular weight excluding hydrogens is 284 g/mol. The Balaban J connectivity index is 2.23. The van der Waals surface area contributed by atoms with Crippen LogP contribution in [-0.4, -0.2) is 26.8 Å². The molecular formula is C16H20N2O2S. The predicted octanol–water partition coefficient (Wildman–Crippen LogP) is 2.86. The molecule has 0 heterocycles. The molecule has 5 heteroatoms. The van der Waals surface area contributed by atoms with E-state index in [4.69, 9.17) is 0 Å². The number of sulfonamides is 1. The van der Waals surface area contributed by atoms with Crippen molar-refractivity contribution in [3.05, 3.63) is 59.7 Å². The number of nitrogens with one attached hydrogen (secondary N) is 1. The van der Waals surface area contributed by atoms with Crippen LogP contribution in [0.25, 0.3) is 0 Å². The zero-order valence-corrected chi connectivity index (χ0v) is 13.3. The van der Waals surface area contributed by atoms with E-state index in [0.29, 0.717) is 17.1 Å². The molecule has 112 valence electrons. The second-order valence-electron chi connectivity index (χ2n) is 5.12. The lowest BCUT2D eigenvalue weighted by Crippen LogP contribution is -2.23. The number of rotatable bonds is 5. The fourth-order valence-electron chi connectivity index (χ4n) is 1.94. The largest absolute Gasteiger partial charge is 0.380 e. The number of hydrogen-bond acceptors (Lipinski definition) is 3. The van der Waals surface area contributed by atoms with Gasteiger partial charge < -0.3 is 5.32 Å². The van der Waals surface area contributed by atoms with Crippen LogP contribution in [0.1, 0.15) is 11.1 Å². The highest BCUT2D eigenvalue weighted by Gasteiger charge is 2.20. The Morgan fingerprint density at radius 2 is 1.62 bits per heavy atom. The molecule has 2 rings (SSSR count). The Bertz CT molecular complexity index is 707. The summed E-state index contributed by atoms with van der Waals surface area (Å²) in [5, 5.41) is 3.20. The Hall–Kier alpha value is -1.85. The lowest BCUT2D eigenvalue weighted by Gasteiger charge is -2.16. The van der Waals surface area contributed by atoms with Gasteiger partial charge in [-0.05, 0) is 24.6 Å². The van der Waals surface area contributed by atoms with Gasteiger partial charge in [-0.1, -0.05) is 42.0 Å². The van der Waals surface area contributed by atoms with E-state index >= 15 is 0 Å². The van der Waals surface area contributed by atoms with E-state index in [1.807, 2.05) is 37.3 Å². The Morgan fingerprint density at radius 1 is 1.00 bits per heavy atom. The van der Waals surface area contributed by atoms with Crippen molar-refractivity contribution in [1.29, 1.82) is 0 Å². The van der Waals surface area contributed by atoms with Gasteiger partial charge in [-0.15, -0.1) is 0 Å². The minimum absolute atomic E-state index is 0.294. The SMILES string of the molecule is Cc1ccc(CNc2ccccc2S(=O)(=O)N(C)C)cc1. The molecule has 0 radical (unpaired) electrons. The molecule has 1 N–H and O–H groups in total. The zero-order valence-electron chi connectivity index (χ0n) is 12.5. The topological polar surface area (TPSA) is 49.4 Å². The van der Waals surface area contributed by atoms with Crippen LogP contribution in [0.4, 0.5) is 5.69 Å². The van der Waals surface area contributed by atoms with Gasteiger partial charge in [0.2, 0.25) is 10.0 Å². The van der Waals surface area contributed by atoms with Crippen molar-refractivity contribution < 1.29 is 8.42 Å². The quantitative estimate of drug-likeness (QED) is 0.924. The summed E-state index contributed by atoms with van der Waals surface area (Å²) in [6.07, 6.45) is 0. The minimum atomic E-state index is -3.45. The monoisotopic (exact) mass is 304 g/mol. The van der Waals surface area contributed by atoms with Crippen molar-refractivity contribution >= 4 is 15.7 Å². The summed E-state index contributed by atoms with van der Waals surface area (Å²) in [4.78, 5) is 0.294. The Kier molecular flexibility index (Phi) is 4.65. The number of anilines is 1. The van der Waals surface area contributed by atoms with E-state index in [-0.39, 0.29) is 0 Å². The number of benzene rings is 2.